The average molecular weight is 207 g/mol. The van der Waals surface area contributed by atoms with E-state index in [-0.39, 0.29) is 0 Å². The van der Waals surface area contributed by atoms with Gasteiger partial charge in [-0.3, -0.25) is 9.69 Å². The van der Waals surface area contributed by atoms with Crippen LogP contribution >= 0.6 is 0 Å². The van der Waals surface area contributed by atoms with Crippen LogP contribution in [-0.4, -0.2) is 35.6 Å². The maximum Gasteiger partial charge on any atom is 0.321 e. The molecule has 1 N–H and O–H groups in total. The van der Waals surface area contributed by atoms with Crippen molar-refractivity contribution in [2.24, 2.45) is 0 Å². The Morgan fingerprint density at radius 3 is 2.47 bits per heavy atom. The molecule has 0 radical (unpaired) electrons. The Bertz CT molecular complexity index is 311. The number of hydrogen-bond acceptors (Lipinski definition) is 2. The van der Waals surface area contributed by atoms with Crippen molar-refractivity contribution in [3.05, 3.63) is 35.9 Å². The molecule has 15 heavy (non-hydrogen) atoms. The molecular weight excluding hydrogens is 190 g/mol. The molecule has 0 heterocycles. The highest BCUT2D eigenvalue weighted by molar-refractivity contribution is 5.73. The van der Waals surface area contributed by atoms with Crippen molar-refractivity contribution in [1.29, 1.82) is 0 Å². The minimum absolute atomic E-state index is 0.433. The number of nitrogens with zero attached hydrogens (tertiary/aromatic N) is 1. The van der Waals surface area contributed by atoms with Gasteiger partial charge in [0, 0.05) is 0 Å². The second-order valence-corrected chi connectivity index (χ2v) is 3.62. The number of carbonyl (C=O) groups is 1. The Kier molecular flexibility index (Phi) is 4.31. The molecule has 1 aromatic carbocycles. The second-order valence-electron chi connectivity index (χ2n) is 3.62. The van der Waals surface area contributed by atoms with Crippen LogP contribution in [0, 0.1) is 0 Å². The molecule has 3 heteroatoms. The van der Waals surface area contributed by atoms with Crippen LogP contribution in [0.1, 0.15) is 12.5 Å². The first-order valence-electron chi connectivity index (χ1n) is 5.12. The van der Waals surface area contributed by atoms with E-state index in [1.54, 1.807) is 0 Å². The van der Waals surface area contributed by atoms with Gasteiger partial charge in [0.2, 0.25) is 0 Å². The number of likely N-dealkylation sites (N-methyl/N-ethyl adjacent to an activating group) is 1. The van der Waals surface area contributed by atoms with Crippen molar-refractivity contribution in [2.75, 3.05) is 13.6 Å². The third-order valence-electron chi connectivity index (χ3n) is 2.59. The van der Waals surface area contributed by atoms with E-state index in [0.717, 1.165) is 12.1 Å². The molecule has 0 amide bonds. The largest absolute Gasteiger partial charge is 0.480 e. The van der Waals surface area contributed by atoms with Crippen LogP contribution in [0.25, 0.3) is 0 Å². The molecule has 0 bridgehead atoms. The number of carboxylic acids is 1. The molecule has 1 aromatic rings. The zero-order chi connectivity index (χ0) is 11.3. The predicted octanol–water partition coefficient (Wildman–Crippen LogP) is 1.63. The standard InChI is InChI=1S/C12H17NO2/c1-3-13(2)11(12(14)15)9-10-7-5-4-6-8-10/h4-8,11H,3,9H2,1-2H3,(H,14,15). The fourth-order valence-electron chi connectivity index (χ4n) is 1.49. The maximum atomic E-state index is 11.1. The quantitative estimate of drug-likeness (QED) is 0.797. The lowest BCUT2D eigenvalue weighted by Crippen LogP contribution is -2.39. The highest BCUT2D eigenvalue weighted by atomic mass is 16.4. The molecule has 82 valence electrons. The number of hydrogen-bond donors (Lipinski definition) is 1. The van der Waals surface area contributed by atoms with Crippen molar-refractivity contribution in [1.82, 2.24) is 4.90 Å². The summed E-state index contributed by atoms with van der Waals surface area (Å²) in [5.74, 6) is -0.761. The van der Waals surface area contributed by atoms with Gasteiger partial charge >= 0.3 is 5.97 Å². The van der Waals surface area contributed by atoms with Crippen molar-refractivity contribution >= 4 is 5.97 Å². The second kappa shape index (κ2) is 5.51. The molecule has 0 spiro atoms. The van der Waals surface area contributed by atoms with Crippen molar-refractivity contribution in [3.8, 4) is 0 Å². The Hall–Kier alpha value is -1.35. The van der Waals surface area contributed by atoms with E-state index >= 15 is 0 Å². The Balaban J connectivity index is 2.71. The van der Waals surface area contributed by atoms with E-state index in [1.807, 2.05) is 49.2 Å². The Labute approximate surface area is 90.3 Å². The zero-order valence-electron chi connectivity index (χ0n) is 9.18. The van der Waals surface area contributed by atoms with Crippen LogP contribution in [0.2, 0.25) is 0 Å². The molecule has 0 aliphatic heterocycles. The lowest BCUT2D eigenvalue weighted by Gasteiger charge is -2.22. The van der Waals surface area contributed by atoms with E-state index in [2.05, 4.69) is 0 Å². The smallest absolute Gasteiger partial charge is 0.321 e. The monoisotopic (exact) mass is 207 g/mol. The van der Waals surface area contributed by atoms with E-state index in [0.29, 0.717) is 6.42 Å². The minimum Gasteiger partial charge on any atom is -0.480 e. The van der Waals surface area contributed by atoms with Gasteiger partial charge in [-0.15, -0.1) is 0 Å². The minimum atomic E-state index is -0.761. The predicted molar refractivity (Wildman–Crippen MR) is 59.9 cm³/mol. The molecule has 0 saturated heterocycles. The number of rotatable bonds is 5. The maximum absolute atomic E-state index is 11.1. The van der Waals surface area contributed by atoms with Gasteiger partial charge in [0.05, 0.1) is 0 Å². The van der Waals surface area contributed by atoms with Gasteiger partial charge in [-0.25, -0.2) is 0 Å². The zero-order valence-corrected chi connectivity index (χ0v) is 9.18. The van der Waals surface area contributed by atoms with Crippen LogP contribution < -0.4 is 0 Å². The molecule has 3 nitrogen and oxygen atoms in total. The van der Waals surface area contributed by atoms with Crippen LogP contribution in [0.3, 0.4) is 0 Å². The van der Waals surface area contributed by atoms with Crippen LogP contribution in [0.15, 0.2) is 30.3 Å². The van der Waals surface area contributed by atoms with Gasteiger partial charge in [-0.05, 0) is 25.6 Å². The fourth-order valence-corrected chi connectivity index (χ4v) is 1.49. The Morgan fingerprint density at radius 2 is 2.00 bits per heavy atom. The molecule has 0 saturated carbocycles. The number of aliphatic carboxylic acids is 1. The molecule has 1 unspecified atom stereocenters. The Morgan fingerprint density at radius 1 is 1.40 bits per heavy atom. The van der Waals surface area contributed by atoms with Gasteiger partial charge in [-0.2, -0.15) is 0 Å². The first-order valence-corrected chi connectivity index (χ1v) is 5.12. The van der Waals surface area contributed by atoms with Crippen molar-refractivity contribution in [2.45, 2.75) is 19.4 Å². The molecular formula is C12H17NO2. The summed E-state index contributed by atoms with van der Waals surface area (Å²) in [5.41, 5.74) is 1.06. The summed E-state index contributed by atoms with van der Waals surface area (Å²) in [7, 11) is 1.84. The van der Waals surface area contributed by atoms with Crippen LogP contribution in [0.5, 0.6) is 0 Å². The fraction of sp³-hybridized carbons (Fsp3) is 0.417. The molecule has 0 aliphatic rings. The number of carboxylic acid groups (broad SMARTS) is 1. The van der Waals surface area contributed by atoms with E-state index < -0.39 is 12.0 Å². The number of benzene rings is 1. The topological polar surface area (TPSA) is 40.5 Å². The van der Waals surface area contributed by atoms with Crippen LogP contribution in [0.4, 0.5) is 0 Å². The third-order valence-corrected chi connectivity index (χ3v) is 2.59. The highest BCUT2D eigenvalue weighted by Gasteiger charge is 2.21. The van der Waals surface area contributed by atoms with Gasteiger partial charge in [0.15, 0.2) is 0 Å². The van der Waals surface area contributed by atoms with Crippen LogP contribution in [-0.2, 0) is 11.2 Å². The molecule has 0 aromatic heterocycles. The summed E-state index contributed by atoms with van der Waals surface area (Å²) < 4.78 is 0. The summed E-state index contributed by atoms with van der Waals surface area (Å²) in [6, 6.07) is 9.28. The molecule has 1 atom stereocenters. The third kappa shape index (κ3) is 3.36. The first kappa shape index (κ1) is 11.7. The summed E-state index contributed by atoms with van der Waals surface area (Å²) in [4.78, 5) is 12.9. The SMILES string of the molecule is CCN(C)C(Cc1ccccc1)C(=O)O. The van der Waals surface area contributed by atoms with Crippen molar-refractivity contribution < 1.29 is 9.90 Å². The summed E-state index contributed by atoms with van der Waals surface area (Å²) in [5, 5.41) is 9.09. The average Bonchev–Trinajstić information content (AvgIpc) is 2.26. The van der Waals surface area contributed by atoms with Gasteiger partial charge in [0.1, 0.15) is 6.04 Å². The first-order chi connectivity index (χ1) is 7.15. The van der Waals surface area contributed by atoms with Gasteiger partial charge in [0.25, 0.3) is 0 Å². The van der Waals surface area contributed by atoms with E-state index in [9.17, 15) is 4.79 Å². The highest BCUT2D eigenvalue weighted by Crippen LogP contribution is 2.07. The van der Waals surface area contributed by atoms with E-state index in [4.69, 9.17) is 5.11 Å². The van der Waals surface area contributed by atoms with Gasteiger partial charge in [-0.1, -0.05) is 37.3 Å². The normalized spacial score (nSPS) is 12.7. The van der Waals surface area contributed by atoms with E-state index in [1.165, 1.54) is 0 Å². The summed E-state index contributed by atoms with van der Waals surface area (Å²) in [6.45, 7) is 2.70. The summed E-state index contributed by atoms with van der Waals surface area (Å²) in [6.07, 6.45) is 0.556. The molecule has 0 aliphatic carbocycles. The lowest BCUT2D eigenvalue weighted by molar-refractivity contribution is -0.142. The molecule has 0 fully saturated rings. The molecule has 1 rings (SSSR count). The van der Waals surface area contributed by atoms with Gasteiger partial charge < -0.3 is 5.11 Å². The summed E-state index contributed by atoms with van der Waals surface area (Å²) >= 11 is 0. The van der Waals surface area contributed by atoms with Crippen molar-refractivity contribution in [3.63, 3.8) is 0 Å². The lowest BCUT2D eigenvalue weighted by atomic mass is 10.1.